The van der Waals surface area contributed by atoms with Gasteiger partial charge < -0.3 is 15.0 Å². The van der Waals surface area contributed by atoms with E-state index in [1.165, 1.54) is 0 Å². The minimum atomic E-state index is 0.0196. The Morgan fingerprint density at radius 2 is 2.29 bits per heavy atom. The summed E-state index contributed by atoms with van der Waals surface area (Å²) in [5, 5.41) is 10.9. The van der Waals surface area contributed by atoms with Crippen molar-refractivity contribution in [3.63, 3.8) is 0 Å². The molecule has 0 bridgehead atoms. The molecule has 1 saturated heterocycles. The monoisotopic (exact) mass is 306 g/mol. The molecule has 2 heterocycles. The van der Waals surface area contributed by atoms with E-state index >= 15 is 0 Å². The number of fused-ring (bicyclic) bond motifs is 1. The fourth-order valence-corrected chi connectivity index (χ4v) is 3.28. The minimum Gasteiger partial charge on any atom is -0.396 e. The fourth-order valence-electron chi connectivity index (χ4n) is 3.11. The van der Waals surface area contributed by atoms with Gasteiger partial charge >= 0.3 is 0 Å². The number of H-pyrrole nitrogens is 1. The van der Waals surface area contributed by atoms with Crippen molar-refractivity contribution in [2.24, 2.45) is 5.92 Å². The molecule has 2 N–H and O–H groups in total. The molecule has 5 heteroatoms. The highest BCUT2D eigenvalue weighted by Crippen LogP contribution is 2.25. The SMILES string of the molecule is C[C@H]1C[C@@H](CO)CCN1C(=O)c1cc2ccc(Cl)cc2[nH]1. The molecule has 1 aliphatic rings. The van der Waals surface area contributed by atoms with Crippen LogP contribution in [-0.4, -0.2) is 40.1 Å². The molecule has 1 aliphatic heterocycles. The van der Waals surface area contributed by atoms with Gasteiger partial charge in [-0.15, -0.1) is 0 Å². The number of rotatable bonds is 2. The number of likely N-dealkylation sites (tertiary alicyclic amines) is 1. The third kappa shape index (κ3) is 2.78. The number of hydrogen-bond acceptors (Lipinski definition) is 2. The van der Waals surface area contributed by atoms with Crippen molar-refractivity contribution in [3.8, 4) is 0 Å². The molecule has 0 spiro atoms. The van der Waals surface area contributed by atoms with Crippen molar-refractivity contribution >= 4 is 28.4 Å². The van der Waals surface area contributed by atoms with Gasteiger partial charge in [0.05, 0.1) is 0 Å². The Labute approximate surface area is 128 Å². The third-order valence-electron chi connectivity index (χ3n) is 4.32. The molecule has 0 radical (unpaired) electrons. The lowest BCUT2D eigenvalue weighted by molar-refractivity contribution is 0.0510. The Balaban J connectivity index is 1.83. The zero-order chi connectivity index (χ0) is 15.0. The lowest BCUT2D eigenvalue weighted by Gasteiger charge is -2.36. The maximum absolute atomic E-state index is 12.7. The van der Waals surface area contributed by atoms with Crippen LogP contribution in [-0.2, 0) is 0 Å². The van der Waals surface area contributed by atoms with E-state index in [2.05, 4.69) is 4.98 Å². The summed E-state index contributed by atoms with van der Waals surface area (Å²) in [5.41, 5.74) is 1.48. The first-order chi connectivity index (χ1) is 10.1. The van der Waals surface area contributed by atoms with Crippen molar-refractivity contribution in [1.82, 2.24) is 9.88 Å². The second-order valence-corrected chi connectivity index (χ2v) is 6.27. The molecule has 0 saturated carbocycles. The number of piperidine rings is 1. The zero-order valence-corrected chi connectivity index (χ0v) is 12.7. The van der Waals surface area contributed by atoms with Gasteiger partial charge in [-0.2, -0.15) is 0 Å². The van der Waals surface area contributed by atoms with Gasteiger partial charge in [0.2, 0.25) is 0 Å². The number of carbonyl (C=O) groups is 1. The molecule has 1 fully saturated rings. The van der Waals surface area contributed by atoms with E-state index in [1.54, 1.807) is 0 Å². The topological polar surface area (TPSA) is 56.3 Å². The standard InChI is InChI=1S/C16H19ClN2O2/c1-10-6-11(9-20)4-5-19(10)16(21)15-7-12-2-3-13(17)8-14(12)18-15/h2-3,7-8,10-11,18,20H,4-6,9H2,1H3/t10-,11-/m0/s1. The number of aliphatic hydroxyl groups is 1. The maximum atomic E-state index is 12.7. The van der Waals surface area contributed by atoms with Gasteiger partial charge in [-0.1, -0.05) is 17.7 Å². The van der Waals surface area contributed by atoms with Gasteiger partial charge in [-0.25, -0.2) is 0 Å². The molecular weight excluding hydrogens is 288 g/mol. The Kier molecular flexibility index (Phi) is 3.91. The van der Waals surface area contributed by atoms with E-state index in [-0.39, 0.29) is 18.6 Å². The van der Waals surface area contributed by atoms with Gasteiger partial charge in [0.15, 0.2) is 0 Å². The number of carbonyl (C=O) groups excluding carboxylic acids is 1. The van der Waals surface area contributed by atoms with Crippen molar-refractivity contribution in [2.75, 3.05) is 13.2 Å². The van der Waals surface area contributed by atoms with Crippen molar-refractivity contribution < 1.29 is 9.90 Å². The Bertz CT molecular complexity index is 667. The van der Waals surface area contributed by atoms with Crippen LogP contribution in [0.2, 0.25) is 5.02 Å². The lowest BCUT2D eigenvalue weighted by Crippen LogP contribution is -2.45. The number of aromatic nitrogens is 1. The average Bonchev–Trinajstić information content (AvgIpc) is 2.89. The van der Waals surface area contributed by atoms with Crippen LogP contribution < -0.4 is 0 Å². The molecule has 2 atom stereocenters. The second kappa shape index (κ2) is 5.70. The highest BCUT2D eigenvalue weighted by molar-refractivity contribution is 6.31. The summed E-state index contributed by atoms with van der Waals surface area (Å²) in [6, 6.07) is 7.58. The number of amides is 1. The van der Waals surface area contributed by atoms with Gasteiger partial charge in [0.1, 0.15) is 5.69 Å². The van der Waals surface area contributed by atoms with E-state index in [4.69, 9.17) is 11.6 Å². The predicted octanol–water partition coefficient (Wildman–Crippen LogP) is 3.05. The average molecular weight is 307 g/mol. The number of hydrogen-bond donors (Lipinski definition) is 2. The first-order valence-electron chi connectivity index (χ1n) is 7.28. The zero-order valence-electron chi connectivity index (χ0n) is 12.0. The molecule has 3 rings (SSSR count). The second-order valence-electron chi connectivity index (χ2n) is 5.84. The molecule has 21 heavy (non-hydrogen) atoms. The van der Waals surface area contributed by atoms with Crippen molar-refractivity contribution in [1.29, 1.82) is 0 Å². The number of halogens is 1. The Morgan fingerprint density at radius 1 is 1.48 bits per heavy atom. The number of nitrogens with zero attached hydrogens (tertiary/aromatic N) is 1. The van der Waals surface area contributed by atoms with Crippen LogP contribution in [0.5, 0.6) is 0 Å². The number of benzene rings is 1. The number of aromatic amines is 1. The van der Waals surface area contributed by atoms with Crippen LogP contribution in [0, 0.1) is 5.92 Å². The molecule has 1 amide bonds. The normalized spacial score (nSPS) is 22.7. The Morgan fingerprint density at radius 3 is 3.00 bits per heavy atom. The summed E-state index contributed by atoms with van der Waals surface area (Å²) >= 11 is 5.97. The van der Waals surface area contributed by atoms with Crippen LogP contribution in [0.1, 0.15) is 30.3 Å². The van der Waals surface area contributed by atoms with Crippen molar-refractivity contribution in [2.45, 2.75) is 25.8 Å². The molecule has 1 aromatic carbocycles. The highest BCUT2D eigenvalue weighted by atomic mass is 35.5. The van der Waals surface area contributed by atoms with E-state index in [0.717, 1.165) is 23.7 Å². The predicted molar refractivity (Wildman–Crippen MR) is 83.6 cm³/mol. The van der Waals surface area contributed by atoms with E-state index in [9.17, 15) is 9.90 Å². The summed E-state index contributed by atoms with van der Waals surface area (Å²) in [6.45, 7) is 2.94. The number of nitrogens with one attached hydrogen (secondary N) is 1. The summed E-state index contributed by atoms with van der Waals surface area (Å²) in [5.74, 6) is 0.330. The molecule has 0 unspecified atom stereocenters. The highest BCUT2D eigenvalue weighted by Gasteiger charge is 2.29. The van der Waals surface area contributed by atoms with E-state index < -0.39 is 0 Å². The molecule has 0 aliphatic carbocycles. The maximum Gasteiger partial charge on any atom is 0.270 e. The van der Waals surface area contributed by atoms with Gasteiger partial charge in [0.25, 0.3) is 5.91 Å². The first kappa shape index (κ1) is 14.4. The van der Waals surface area contributed by atoms with Gasteiger partial charge in [-0.3, -0.25) is 4.79 Å². The molecule has 4 nitrogen and oxygen atoms in total. The van der Waals surface area contributed by atoms with Crippen molar-refractivity contribution in [3.05, 3.63) is 35.0 Å². The summed E-state index contributed by atoms with van der Waals surface area (Å²) in [7, 11) is 0. The smallest absolute Gasteiger partial charge is 0.270 e. The Hall–Kier alpha value is -1.52. The number of aliphatic hydroxyl groups excluding tert-OH is 1. The van der Waals surface area contributed by atoms with Gasteiger partial charge in [0, 0.05) is 35.1 Å². The van der Waals surface area contributed by atoms with Crippen LogP contribution in [0.15, 0.2) is 24.3 Å². The summed E-state index contributed by atoms with van der Waals surface area (Å²) < 4.78 is 0. The lowest BCUT2D eigenvalue weighted by atomic mass is 9.92. The van der Waals surface area contributed by atoms with E-state index in [1.807, 2.05) is 36.1 Å². The van der Waals surface area contributed by atoms with Crippen LogP contribution in [0.4, 0.5) is 0 Å². The van der Waals surface area contributed by atoms with E-state index in [0.29, 0.717) is 23.2 Å². The molecule has 2 aromatic rings. The molecule has 1 aromatic heterocycles. The summed E-state index contributed by atoms with van der Waals surface area (Å²) in [6.07, 6.45) is 1.72. The first-order valence-corrected chi connectivity index (χ1v) is 7.66. The minimum absolute atomic E-state index is 0.0196. The molecular formula is C16H19ClN2O2. The van der Waals surface area contributed by atoms with Crippen LogP contribution in [0.25, 0.3) is 10.9 Å². The van der Waals surface area contributed by atoms with Crippen LogP contribution in [0.3, 0.4) is 0 Å². The third-order valence-corrected chi connectivity index (χ3v) is 4.55. The summed E-state index contributed by atoms with van der Waals surface area (Å²) in [4.78, 5) is 17.7. The van der Waals surface area contributed by atoms with Gasteiger partial charge in [-0.05, 0) is 43.9 Å². The van der Waals surface area contributed by atoms with Crippen LogP contribution >= 0.6 is 11.6 Å². The largest absolute Gasteiger partial charge is 0.396 e. The fraction of sp³-hybridized carbons (Fsp3) is 0.438. The quantitative estimate of drug-likeness (QED) is 0.896. The molecule has 112 valence electrons.